The van der Waals surface area contributed by atoms with E-state index in [0.717, 1.165) is 12.8 Å². The van der Waals surface area contributed by atoms with Crippen molar-refractivity contribution in [3.05, 3.63) is 70.8 Å². The van der Waals surface area contributed by atoms with Gasteiger partial charge in [-0.3, -0.25) is 0 Å². The SMILES string of the molecule is NC(c1c(F)cccc1F)C1C2CCc3ccccc3C21. The van der Waals surface area contributed by atoms with Crippen molar-refractivity contribution >= 4 is 0 Å². The predicted octanol–water partition coefficient (Wildman–Crippen LogP) is 3.94. The third-order valence-corrected chi connectivity index (χ3v) is 5.14. The molecule has 2 aliphatic carbocycles. The minimum atomic E-state index is -0.563. The van der Waals surface area contributed by atoms with Crippen molar-refractivity contribution in [3.8, 4) is 0 Å². The summed E-state index contributed by atoms with van der Waals surface area (Å²) in [4.78, 5) is 0. The van der Waals surface area contributed by atoms with Gasteiger partial charge in [-0.2, -0.15) is 0 Å². The second-order valence-corrected chi connectivity index (χ2v) is 6.17. The van der Waals surface area contributed by atoms with Crippen LogP contribution >= 0.6 is 0 Å². The first-order valence-corrected chi connectivity index (χ1v) is 7.46. The molecule has 0 heterocycles. The van der Waals surface area contributed by atoms with Crippen molar-refractivity contribution < 1.29 is 8.78 Å². The summed E-state index contributed by atoms with van der Waals surface area (Å²) in [5.41, 5.74) is 8.98. The molecule has 2 aliphatic rings. The molecule has 0 radical (unpaired) electrons. The van der Waals surface area contributed by atoms with Crippen LogP contribution in [0.25, 0.3) is 0 Å². The van der Waals surface area contributed by atoms with Crippen LogP contribution < -0.4 is 5.73 Å². The number of benzene rings is 2. The average molecular weight is 285 g/mol. The zero-order valence-electron chi connectivity index (χ0n) is 11.6. The summed E-state index contributed by atoms with van der Waals surface area (Å²) < 4.78 is 27.9. The number of halogens is 2. The Balaban J connectivity index is 1.68. The largest absolute Gasteiger partial charge is 0.324 e. The standard InChI is InChI=1S/C18H17F2N/c19-13-6-3-7-14(20)17(13)18(21)16-12-9-8-10-4-1-2-5-11(10)15(12)16/h1-7,12,15-16,18H,8-9,21H2. The molecule has 0 aromatic heterocycles. The first-order chi connectivity index (χ1) is 10.2. The third kappa shape index (κ3) is 1.91. The predicted molar refractivity (Wildman–Crippen MR) is 77.8 cm³/mol. The number of hydrogen-bond acceptors (Lipinski definition) is 1. The Hall–Kier alpha value is -1.74. The number of fused-ring (bicyclic) bond motifs is 3. The van der Waals surface area contributed by atoms with Gasteiger partial charge in [0, 0.05) is 11.6 Å². The average Bonchev–Trinajstić information content (AvgIpc) is 3.22. The molecule has 108 valence electrons. The summed E-state index contributed by atoms with van der Waals surface area (Å²) in [7, 11) is 0. The Morgan fingerprint density at radius 3 is 2.48 bits per heavy atom. The zero-order valence-corrected chi connectivity index (χ0v) is 11.6. The molecule has 1 fully saturated rings. The highest BCUT2D eigenvalue weighted by Gasteiger charge is 2.56. The first kappa shape index (κ1) is 13.0. The van der Waals surface area contributed by atoms with E-state index in [1.54, 1.807) is 0 Å². The van der Waals surface area contributed by atoms with Crippen molar-refractivity contribution in [3.63, 3.8) is 0 Å². The van der Waals surface area contributed by atoms with Crippen molar-refractivity contribution in [1.29, 1.82) is 0 Å². The summed E-state index contributed by atoms with van der Waals surface area (Å²) in [6.07, 6.45) is 2.11. The Morgan fingerprint density at radius 1 is 1.00 bits per heavy atom. The molecule has 2 N–H and O–H groups in total. The van der Waals surface area contributed by atoms with Crippen LogP contribution in [0.3, 0.4) is 0 Å². The maximum absolute atomic E-state index is 13.9. The van der Waals surface area contributed by atoms with Crippen LogP contribution in [0.1, 0.15) is 35.1 Å². The van der Waals surface area contributed by atoms with Gasteiger partial charge < -0.3 is 5.73 Å². The number of rotatable bonds is 2. The van der Waals surface area contributed by atoms with Gasteiger partial charge in [-0.15, -0.1) is 0 Å². The van der Waals surface area contributed by atoms with Crippen LogP contribution in [0.5, 0.6) is 0 Å². The molecule has 4 unspecified atom stereocenters. The van der Waals surface area contributed by atoms with E-state index in [9.17, 15) is 8.78 Å². The van der Waals surface area contributed by atoms with Crippen LogP contribution in [0, 0.1) is 23.5 Å². The molecule has 21 heavy (non-hydrogen) atoms. The quantitative estimate of drug-likeness (QED) is 0.888. The molecule has 1 saturated carbocycles. The monoisotopic (exact) mass is 285 g/mol. The van der Waals surface area contributed by atoms with Crippen molar-refractivity contribution in [1.82, 2.24) is 0 Å². The van der Waals surface area contributed by atoms with E-state index >= 15 is 0 Å². The summed E-state index contributed by atoms with van der Waals surface area (Å²) >= 11 is 0. The van der Waals surface area contributed by atoms with E-state index in [4.69, 9.17) is 5.73 Å². The normalized spacial score (nSPS) is 27.7. The third-order valence-electron chi connectivity index (χ3n) is 5.14. The van der Waals surface area contributed by atoms with Crippen molar-refractivity contribution in [2.75, 3.05) is 0 Å². The molecule has 0 saturated heterocycles. The van der Waals surface area contributed by atoms with E-state index in [1.807, 2.05) is 12.1 Å². The summed E-state index contributed by atoms with van der Waals surface area (Å²) in [6, 6.07) is 11.8. The van der Waals surface area contributed by atoms with Crippen LogP contribution in [0.2, 0.25) is 0 Å². The van der Waals surface area contributed by atoms with Gasteiger partial charge in [0.25, 0.3) is 0 Å². The molecule has 2 aromatic rings. The van der Waals surface area contributed by atoms with Crippen molar-refractivity contribution in [2.45, 2.75) is 24.8 Å². The fourth-order valence-electron chi connectivity index (χ4n) is 4.13. The molecular formula is C18H17F2N. The molecule has 4 rings (SSSR count). The lowest BCUT2D eigenvalue weighted by molar-refractivity contribution is 0.482. The molecular weight excluding hydrogens is 268 g/mol. The van der Waals surface area contributed by atoms with Crippen molar-refractivity contribution in [2.24, 2.45) is 17.6 Å². The van der Waals surface area contributed by atoms with Gasteiger partial charge in [0.1, 0.15) is 11.6 Å². The highest BCUT2D eigenvalue weighted by atomic mass is 19.1. The molecule has 4 atom stereocenters. The summed E-state index contributed by atoms with van der Waals surface area (Å²) in [6.45, 7) is 0. The molecule has 2 aromatic carbocycles. The molecule has 0 bridgehead atoms. The Labute approximate surface area is 122 Å². The van der Waals surface area contributed by atoms with E-state index in [0.29, 0.717) is 11.8 Å². The number of aryl methyl sites for hydroxylation is 1. The lowest BCUT2D eigenvalue weighted by atomic mass is 9.92. The minimum Gasteiger partial charge on any atom is -0.324 e. The van der Waals surface area contributed by atoms with Gasteiger partial charge in [0.05, 0.1) is 0 Å². The van der Waals surface area contributed by atoms with Crippen LogP contribution in [-0.4, -0.2) is 0 Å². The number of nitrogens with two attached hydrogens (primary N) is 1. The van der Waals surface area contributed by atoms with Gasteiger partial charge in [-0.1, -0.05) is 30.3 Å². The second-order valence-electron chi connectivity index (χ2n) is 6.17. The lowest BCUT2D eigenvalue weighted by Crippen LogP contribution is -2.17. The summed E-state index contributed by atoms with van der Waals surface area (Å²) in [5, 5.41) is 0. The molecule has 0 aliphatic heterocycles. The summed E-state index contributed by atoms with van der Waals surface area (Å²) in [5.74, 6) is -0.0724. The fraction of sp³-hybridized carbons (Fsp3) is 0.333. The van der Waals surface area contributed by atoms with Gasteiger partial charge in [-0.05, 0) is 53.9 Å². The van der Waals surface area contributed by atoms with Crippen LogP contribution in [0.15, 0.2) is 42.5 Å². The Kier molecular flexibility index (Phi) is 2.86. The maximum Gasteiger partial charge on any atom is 0.130 e. The smallest absolute Gasteiger partial charge is 0.130 e. The van der Waals surface area contributed by atoms with Gasteiger partial charge in [0.2, 0.25) is 0 Å². The highest BCUT2D eigenvalue weighted by molar-refractivity contribution is 5.41. The molecule has 0 amide bonds. The van der Waals surface area contributed by atoms with Gasteiger partial charge in [0.15, 0.2) is 0 Å². The van der Waals surface area contributed by atoms with Gasteiger partial charge >= 0.3 is 0 Å². The van der Waals surface area contributed by atoms with Gasteiger partial charge in [-0.25, -0.2) is 8.78 Å². The molecule has 3 heteroatoms. The molecule has 0 spiro atoms. The van der Waals surface area contributed by atoms with E-state index in [2.05, 4.69) is 12.1 Å². The topological polar surface area (TPSA) is 26.0 Å². The lowest BCUT2D eigenvalue weighted by Gasteiger charge is -2.14. The van der Waals surface area contributed by atoms with E-state index in [1.165, 1.54) is 29.3 Å². The zero-order chi connectivity index (χ0) is 14.6. The Morgan fingerprint density at radius 2 is 1.71 bits per heavy atom. The van der Waals surface area contributed by atoms with E-state index in [-0.39, 0.29) is 11.5 Å². The number of hydrogen-bond donors (Lipinski definition) is 1. The first-order valence-electron chi connectivity index (χ1n) is 7.46. The molecule has 1 nitrogen and oxygen atoms in total. The Bertz CT molecular complexity index is 677. The maximum atomic E-state index is 13.9. The fourth-order valence-corrected chi connectivity index (χ4v) is 4.13. The second kappa shape index (κ2) is 4.63. The minimum absolute atomic E-state index is 0.0504. The van der Waals surface area contributed by atoms with Crippen LogP contribution in [-0.2, 0) is 6.42 Å². The highest BCUT2D eigenvalue weighted by Crippen LogP contribution is 2.63. The van der Waals surface area contributed by atoms with Crippen LogP contribution in [0.4, 0.5) is 8.78 Å². The van der Waals surface area contributed by atoms with E-state index < -0.39 is 17.7 Å².